The Morgan fingerprint density at radius 1 is 0.769 bits per heavy atom. The molecule has 0 aliphatic rings. The number of nitrogens with two attached hydrogens (primary N) is 2. The number of ether oxygens (including phenoxy) is 1. The van der Waals surface area contributed by atoms with Crippen LogP contribution < -0.4 is 11.5 Å². The van der Waals surface area contributed by atoms with Gasteiger partial charge in [-0.25, -0.2) is 0 Å². The maximum Gasteiger partial charge on any atom is 0.323 e. The van der Waals surface area contributed by atoms with Crippen molar-refractivity contribution < 1.29 is 35.5 Å². The molecule has 0 bridgehead atoms. The first kappa shape index (κ1) is 33.9. The van der Waals surface area contributed by atoms with Crippen molar-refractivity contribution in [1.29, 1.82) is 0 Å². The Morgan fingerprint density at radius 2 is 1.21 bits per heavy atom. The van der Waals surface area contributed by atoms with Gasteiger partial charge in [-0.3, -0.25) is 13.9 Å². The maximum absolute atomic E-state index is 11.5. The molecule has 6 N–H and O–H groups in total. The highest BCUT2D eigenvalue weighted by molar-refractivity contribution is 7.86. The average molecular weight is 581 g/mol. The zero-order chi connectivity index (χ0) is 29.5. The smallest absolute Gasteiger partial charge is 0.323 e. The van der Waals surface area contributed by atoms with Crippen molar-refractivity contribution >= 4 is 26.2 Å². The van der Waals surface area contributed by atoms with Crippen molar-refractivity contribution in [3.8, 4) is 0 Å². The second-order valence-corrected chi connectivity index (χ2v) is 11.4. The summed E-state index contributed by atoms with van der Waals surface area (Å²) in [4.78, 5) is 11.4. The third-order valence-electron chi connectivity index (χ3n) is 5.13. The molecular formula is C27H36N2O8S2. The molecular weight excluding hydrogens is 544 g/mol. The summed E-state index contributed by atoms with van der Waals surface area (Å²) in [5.41, 5.74) is 14.0. The van der Waals surface area contributed by atoms with Crippen LogP contribution in [0.5, 0.6) is 0 Å². The minimum Gasteiger partial charge on any atom is -0.460 e. The van der Waals surface area contributed by atoms with Gasteiger partial charge in [0.2, 0.25) is 0 Å². The topological polar surface area (TPSA) is 187 Å². The summed E-state index contributed by atoms with van der Waals surface area (Å²) in [6, 6.07) is 21.0. The van der Waals surface area contributed by atoms with Crippen LogP contribution in [0.25, 0.3) is 0 Å². The van der Waals surface area contributed by atoms with Gasteiger partial charge in [0, 0.05) is 0 Å². The zero-order valence-electron chi connectivity index (χ0n) is 21.9. The molecule has 0 aliphatic carbocycles. The Labute approximate surface area is 230 Å². The first-order valence-electron chi connectivity index (χ1n) is 12.0. The molecule has 3 rings (SSSR count). The third-order valence-corrected chi connectivity index (χ3v) is 6.87. The standard InChI is InChI=1S/C13H20N2O2.2C7H8O3S/c14-9-5-4-8-12(15)13(16)17-10-11-6-2-1-3-7-11;2*1-6-2-4-7(5-3-6)11(8,9)10/h1-3,6-7,12H,4-5,8-10,14-15H2;2*2-5H,1H3,(H,8,9,10). The van der Waals surface area contributed by atoms with E-state index in [0.717, 1.165) is 29.5 Å². The van der Waals surface area contributed by atoms with Gasteiger partial charge in [0.1, 0.15) is 12.6 Å². The van der Waals surface area contributed by atoms with Gasteiger partial charge >= 0.3 is 5.97 Å². The maximum atomic E-state index is 11.5. The molecule has 214 valence electrons. The van der Waals surface area contributed by atoms with Crippen LogP contribution in [0.3, 0.4) is 0 Å². The molecule has 0 amide bonds. The fraction of sp³-hybridized carbons (Fsp3) is 0.296. The fourth-order valence-corrected chi connectivity index (χ4v) is 3.84. The molecule has 0 heterocycles. The molecule has 0 aliphatic heterocycles. The number of carbonyl (C=O) groups excluding carboxylic acids is 1. The van der Waals surface area contributed by atoms with Crippen LogP contribution in [-0.2, 0) is 36.4 Å². The lowest BCUT2D eigenvalue weighted by atomic mass is 10.1. The highest BCUT2D eigenvalue weighted by atomic mass is 32.2. The Hall–Kier alpha value is -3.13. The van der Waals surface area contributed by atoms with Gasteiger partial charge in [-0.1, -0.05) is 72.1 Å². The lowest BCUT2D eigenvalue weighted by molar-refractivity contribution is -0.146. The van der Waals surface area contributed by atoms with Gasteiger partial charge < -0.3 is 16.2 Å². The van der Waals surface area contributed by atoms with Crippen LogP contribution in [0, 0.1) is 13.8 Å². The monoisotopic (exact) mass is 580 g/mol. The Morgan fingerprint density at radius 3 is 1.59 bits per heavy atom. The van der Waals surface area contributed by atoms with Gasteiger partial charge in [0.05, 0.1) is 9.79 Å². The lowest BCUT2D eigenvalue weighted by Gasteiger charge is -2.11. The first-order chi connectivity index (χ1) is 18.2. The number of aryl methyl sites for hydroxylation is 2. The largest absolute Gasteiger partial charge is 0.460 e. The zero-order valence-corrected chi connectivity index (χ0v) is 23.6. The molecule has 0 spiro atoms. The van der Waals surface area contributed by atoms with E-state index in [1.165, 1.54) is 24.3 Å². The van der Waals surface area contributed by atoms with Gasteiger partial charge in [-0.2, -0.15) is 16.8 Å². The predicted molar refractivity (Wildman–Crippen MR) is 149 cm³/mol. The summed E-state index contributed by atoms with van der Waals surface area (Å²) in [6.07, 6.45) is 2.38. The lowest BCUT2D eigenvalue weighted by Crippen LogP contribution is -2.32. The number of benzene rings is 3. The van der Waals surface area contributed by atoms with Crippen molar-refractivity contribution in [1.82, 2.24) is 0 Å². The number of rotatable bonds is 9. The summed E-state index contributed by atoms with van der Waals surface area (Å²) < 4.78 is 64.2. The average Bonchev–Trinajstić information content (AvgIpc) is 2.88. The highest BCUT2D eigenvalue weighted by Gasteiger charge is 2.14. The van der Waals surface area contributed by atoms with Crippen molar-refractivity contribution in [3.05, 3.63) is 95.6 Å². The molecule has 10 nitrogen and oxygen atoms in total. The van der Waals surface area contributed by atoms with Crippen LogP contribution in [0.1, 0.15) is 36.0 Å². The van der Waals surface area contributed by atoms with Crippen LogP contribution in [0.15, 0.2) is 88.7 Å². The quantitative estimate of drug-likeness (QED) is 0.165. The Balaban J connectivity index is 0.000000304. The fourth-order valence-electron chi connectivity index (χ4n) is 2.88. The first-order valence-corrected chi connectivity index (χ1v) is 14.9. The summed E-state index contributed by atoms with van der Waals surface area (Å²) in [6.45, 7) is 4.59. The molecule has 3 aromatic rings. The highest BCUT2D eigenvalue weighted by Crippen LogP contribution is 2.09. The molecule has 0 radical (unpaired) electrons. The molecule has 0 aromatic heterocycles. The van der Waals surface area contributed by atoms with Crippen LogP contribution in [0.2, 0.25) is 0 Å². The normalized spacial score (nSPS) is 11.7. The third kappa shape index (κ3) is 14.6. The molecule has 0 saturated carbocycles. The SMILES string of the molecule is Cc1ccc(S(=O)(=O)O)cc1.Cc1ccc(S(=O)(=O)O)cc1.NCCCCC(N)C(=O)OCc1ccccc1. The van der Waals surface area contributed by atoms with Gasteiger partial charge in [-0.05, 0) is 63.1 Å². The molecule has 39 heavy (non-hydrogen) atoms. The van der Waals surface area contributed by atoms with E-state index in [1.54, 1.807) is 24.3 Å². The minimum atomic E-state index is -4.02. The van der Waals surface area contributed by atoms with Crippen molar-refractivity contribution in [2.75, 3.05) is 6.54 Å². The van der Waals surface area contributed by atoms with Crippen molar-refractivity contribution in [2.45, 2.75) is 55.5 Å². The summed E-state index contributed by atoms with van der Waals surface area (Å²) in [5.74, 6) is -0.342. The molecule has 0 fully saturated rings. The van der Waals surface area contributed by atoms with Gasteiger partial charge in [0.15, 0.2) is 0 Å². The van der Waals surface area contributed by atoms with Gasteiger partial charge in [0.25, 0.3) is 20.2 Å². The number of carbonyl (C=O) groups is 1. The van der Waals surface area contributed by atoms with E-state index in [0.29, 0.717) is 13.0 Å². The second-order valence-electron chi connectivity index (χ2n) is 8.56. The minimum absolute atomic E-state index is 0.0666. The van der Waals surface area contributed by atoms with E-state index in [2.05, 4.69) is 0 Å². The van der Waals surface area contributed by atoms with E-state index in [-0.39, 0.29) is 22.4 Å². The summed E-state index contributed by atoms with van der Waals surface area (Å²) >= 11 is 0. The summed E-state index contributed by atoms with van der Waals surface area (Å²) in [5, 5.41) is 0. The van der Waals surface area contributed by atoms with Crippen LogP contribution >= 0.6 is 0 Å². The van der Waals surface area contributed by atoms with E-state index >= 15 is 0 Å². The summed E-state index contributed by atoms with van der Waals surface area (Å²) in [7, 11) is -8.04. The number of hydrogen-bond donors (Lipinski definition) is 4. The van der Waals surface area contributed by atoms with Crippen molar-refractivity contribution in [3.63, 3.8) is 0 Å². The molecule has 1 unspecified atom stereocenters. The van der Waals surface area contributed by atoms with E-state index in [9.17, 15) is 21.6 Å². The van der Waals surface area contributed by atoms with E-state index in [4.69, 9.17) is 25.3 Å². The Bertz CT molecular complexity index is 1270. The van der Waals surface area contributed by atoms with Crippen molar-refractivity contribution in [2.24, 2.45) is 11.5 Å². The Kier molecular flexibility index (Phi) is 14.6. The molecule has 0 saturated heterocycles. The number of hydrogen-bond acceptors (Lipinski definition) is 8. The van der Waals surface area contributed by atoms with Crippen LogP contribution in [0.4, 0.5) is 0 Å². The van der Waals surface area contributed by atoms with E-state index < -0.39 is 26.3 Å². The van der Waals surface area contributed by atoms with Gasteiger partial charge in [-0.15, -0.1) is 0 Å². The predicted octanol–water partition coefficient (Wildman–Crippen LogP) is 3.67. The molecule has 12 heteroatoms. The number of esters is 1. The number of unbranched alkanes of at least 4 members (excludes halogenated alkanes) is 1. The molecule has 1 atom stereocenters. The van der Waals surface area contributed by atoms with Crippen LogP contribution in [-0.4, -0.2) is 44.5 Å². The second kappa shape index (κ2) is 16.7. The molecule has 3 aromatic carbocycles. The van der Waals surface area contributed by atoms with E-state index in [1.807, 2.05) is 44.2 Å².